The minimum Gasteiger partial charge on any atom is -0.496 e. The number of nitrogens with zero attached hydrogens (tertiary/aromatic N) is 1. The molecule has 1 amide bonds. The number of carbonyl (C=O) groups is 1. The Morgan fingerprint density at radius 3 is 2.25 bits per heavy atom. The normalized spacial score (nSPS) is 16.6. The summed E-state index contributed by atoms with van der Waals surface area (Å²) in [7, 11) is -1.13. The summed E-state index contributed by atoms with van der Waals surface area (Å²) in [6, 6.07) is 6.84. The van der Waals surface area contributed by atoms with Crippen LogP contribution in [0.3, 0.4) is 0 Å². The minimum atomic E-state index is -4.08. The standard InChI is InChI=1S/C24H32N2O5S/c1-15-11-9-10-14-26(15)24(27)19-12-7-8-13-20(19)25-32(28,29)23-18(4)21(30-5)16(2)17(3)22(23)31-6/h7-8,12-13,15,25H,9-11,14H2,1-6H3. The zero-order valence-corrected chi connectivity index (χ0v) is 20.4. The van der Waals surface area contributed by atoms with Crippen LogP contribution in [0.15, 0.2) is 29.2 Å². The van der Waals surface area contributed by atoms with E-state index < -0.39 is 10.0 Å². The third kappa shape index (κ3) is 4.28. The molecule has 174 valence electrons. The third-order valence-corrected chi connectivity index (χ3v) is 7.79. The summed E-state index contributed by atoms with van der Waals surface area (Å²) in [6.07, 6.45) is 2.98. The van der Waals surface area contributed by atoms with Crippen molar-refractivity contribution in [1.29, 1.82) is 0 Å². The molecule has 2 aromatic carbocycles. The molecule has 1 unspecified atom stereocenters. The molecule has 1 heterocycles. The number of nitrogens with one attached hydrogen (secondary N) is 1. The first-order valence-corrected chi connectivity index (χ1v) is 12.3. The fourth-order valence-electron chi connectivity index (χ4n) is 4.45. The van der Waals surface area contributed by atoms with Crippen LogP contribution < -0.4 is 14.2 Å². The predicted octanol–water partition coefficient (Wildman–Crippen LogP) is 4.44. The van der Waals surface area contributed by atoms with Gasteiger partial charge in [-0.05, 0) is 70.2 Å². The van der Waals surface area contributed by atoms with Gasteiger partial charge in [-0.3, -0.25) is 9.52 Å². The molecule has 1 saturated heterocycles. The van der Waals surface area contributed by atoms with Crippen molar-refractivity contribution in [1.82, 2.24) is 4.90 Å². The Balaban J connectivity index is 2.08. The van der Waals surface area contributed by atoms with Gasteiger partial charge in [0.1, 0.15) is 16.4 Å². The predicted molar refractivity (Wildman–Crippen MR) is 125 cm³/mol. The van der Waals surface area contributed by atoms with E-state index in [0.29, 0.717) is 29.0 Å². The zero-order valence-electron chi connectivity index (χ0n) is 19.6. The van der Waals surface area contributed by atoms with E-state index in [9.17, 15) is 13.2 Å². The number of likely N-dealkylation sites (tertiary alicyclic amines) is 1. The van der Waals surface area contributed by atoms with Gasteiger partial charge in [-0.15, -0.1) is 0 Å². The number of rotatable bonds is 6. The van der Waals surface area contributed by atoms with Crippen LogP contribution in [0.25, 0.3) is 0 Å². The monoisotopic (exact) mass is 460 g/mol. The molecule has 1 fully saturated rings. The highest BCUT2D eigenvalue weighted by Gasteiger charge is 2.31. The Bertz CT molecular complexity index is 1130. The van der Waals surface area contributed by atoms with Gasteiger partial charge in [-0.25, -0.2) is 8.42 Å². The highest BCUT2D eigenvalue weighted by molar-refractivity contribution is 7.93. The first kappa shape index (κ1) is 23.9. The molecular formula is C24H32N2O5S. The van der Waals surface area contributed by atoms with E-state index in [2.05, 4.69) is 4.72 Å². The highest BCUT2D eigenvalue weighted by Crippen LogP contribution is 2.41. The van der Waals surface area contributed by atoms with E-state index >= 15 is 0 Å². The van der Waals surface area contributed by atoms with Gasteiger partial charge in [0, 0.05) is 18.2 Å². The number of ether oxygens (including phenoxy) is 2. The van der Waals surface area contributed by atoms with Crippen molar-refractivity contribution in [3.05, 3.63) is 46.5 Å². The largest absolute Gasteiger partial charge is 0.496 e. The molecule has 3 rings (SSSR count). The van der Waals surface area contributed by atoms with Crippen LogP contribution in [0.1, 0.15) is 53.2 Å². The summed E-state index contributed by atoms with van der Waals surface area (Å²) in [5.41, 5.74) is 2.52. The molecule has 1 N–H and O–H groups in total. The number of para-hydroxylation sites is 1. The van der Waals surface area contributed by atoms with E-state index in [0.717, 1.165) is 24.8 Å². The highest BCUT2D eigenvalue weighted by atomic mass is 32.2. The van der Waals surface area contributed by atoms with Crippen molar-refractivity contribution in [2.45, 2.75) is 57.9 Å². The molecule has 0 radical (unpaired) electrons. The smallest absolute Gasteiger partial charge is 0.266 e. The number of anilines is 1. The SMILES string of the molecule is COc1c(C)c(C)c(OC)c(S(=O)(=O)Nc2ccccc2C(=O)N2CCCCC2C)c1C. The number of piperidine rings is 1. The van der Waals surface area contributed by atoms with Crippen LogP contribution in [-0.2, 0) is 10.0 Å². The number of benzene rings is 2. The molecule has 0 saturated carbocycles. The number of amides is 1. The first-order valence-electron chi connectivity index (χ1n) is 10.8. The molecule has 7 nitrogen and oxygen atoms in total. The Hall–Kier alpha value is -2.74. The Labute approximate surface area is 190 Å². The number of carbonyl (C=O) groups excluding carboxylic acids is 1. The second-order valence-electron chi connectivity index (χ2n) is 8.27. The lowest BCUT2D eigenvalue weighted by molar-refractivity contribution is 0.0636. The molecule has 0 aromatic heterocycles. The van der Waals surface area contributed by atoms with Crippen LogP contribution >= 0.6 is 0 Å². The maximum Gasteiger partial charge on any atom is 0.266 e. The Kier molecular flexibility index (Phi) is 7.03. The molecule has 2 aromatic rings. The second kappa shape index (κ2) is 9.40. The molecule has 0 spiro atoms. The molecule has 0 aliphatic carbocycles. The van der Waals surface area contributed by atoms with Gasteiger partial charge < -0.3 is 14.4 Å². The van der Waals surface area contributed by atoms with Crippen LogP contribution in [0.5, 0.6) is 11.5 Å². The van der Waals surface area contributed by atoms with E-state index in [4.69, 9.17) is 9.47 Å². The molecule has 1 aliphatic heterocycles. The zero-order chi connectivity index (χ0) is 23.6. The molecule has 1 aliphatic rings. The molecular weight excluding hydrogens is 428 g/mol. The van der Waals surface area contributed by atoms with E-state index in [-0.39, 0.29) is 28.3 Å². The summed E-state index contributed by atoms with van der Waals surface area (Å²) in [4.78, 5) is 15.1. The average Bonchev–Trinajstić information content (AvgIpc) is 2.76. The number of hydrogen-bond donors (Lipinski definition) is 1. The second-order valence-corrected chi connectivity index (χ2v) is 9.88. The number of sulfonamides is 1. The lowest BCUT2D eigenvalue weighted by Gasteiger charge is -2.34. The summed E-state index contributed by atoms with van der Waals surface area (Å²) in [5, 5.41) is 0. The molecule has 1 atom stereocenters. The molecule has 32 heavy (non-hydrogen) atoms. The van der Waals surface area contributed by atoms with Gasteiger partial charge in [-0.2, -0.15) is 0 Å². The summed E-state index contributed by atoms with van der Waals surface area (Å²) in [5.74, 6) is 0.591. The first-order chi connectivity index (χ1) is 15.1. The summed E-state index contributed by atoms with van der Waals surface area (Å²) in [6.45, 7) is 8.04. The van der Waals surface area contributed by atoms with Gasteiger partial charge in [0.25, 0.3) is 15.9 Å². The number of hydrogen-bond acceptors (Lipinski definition) is 5. The Morgan fingerprint density at radius 2 is 1.62 bits per heavy atom. The topological polar surface area (TPSA) is 84.9 Å². The van der Waals surface area contributed by atoms with Crippen molar-refractivity contribution < 1.29 is 22.7 Å². The van der Waals surface area contributed by atoms with E-state index in [1.165, 1.54) is 14.2 Å². The van der Waals surface area contributed by atoms with E-state index in [1.807, 2.05) is 18.7 Å². The van der Waals surface area contributed by atoms with Crippen molar-refractivity contribution in [2.24, 2.45) is 0 Å². The third-order valence-electron chi connectivity index (χ3n) is 6.27. The minimum absolute atomic E-state index is 0.00791. The van der Waals surface area contributed by atoms with Gasteiger partial charge in [0.05, 0.1) is 25.5 Å². The van der Waals surface area contributed by atoms with Crippen LogP contribution in [0.2, 0.25) is 0 Å². The fraction of sp³-hybridized carbons (Fsp3) is 0.458. The van der Waals surface area contributed by atoms with Gasteiger partial charge in [-0.1, -0.05) is 12.1 Å². The maximum absolute atomic E-state index is 13.6. The lowest BCUT2D eigenvalue weighted by Crippen LogP contribution is -2.42. The van der Waals surface area contributed by atoms with Crippen LogP contribution in [-0.4, -0.2) is 46.0 Å². The van der Waals surface area contributed by atoms with Gasteiger partial charge >= 0.3 is 0 Å². The summed E-state index contributed by atoms with van der Waals surface area (Å²) >= 11 is 0. The van der Waals surface area contributed by atoms with Crippen molar-refractivity contribution in [3.8, 4) is 11.5 Å². The number of methoxy groups -OCH3 is 2. The molecule has 0 bridgehead atoms. The lowest BCUT2D eigenvalue weighted by atomic mass is 10.0. The van der Waals surface area contributed by atoms with Crippen LogP contribution in [0.4, 0.5) is 5.69 Å². The van der Waals surface area contributed by atoms with Crippen molar-refractivity contribution >= 4 is 21.6 Å². The Morgan fingerprint density at radius 1 is 1.00 bits per heavy atom. The summed E-state index contributed by atoms with van der Waals surface area (Å²) < 4.78 is 40.8. The van der Waals surface area contributed by atoms with Crippen molar-refractivity contribution in [2.75, 3.05) is 25.5 Å². The fourth-order valence-corrected chi connectivity index (χ4v) is 6.00. The van der Waals surface area contributed by atoms with Gasteiger partial charge in [0.2, 0.25) is 0 Å². The van der Waals surface area contributed by atoms with Crippen molar-refractivity contribution in [3.63, 3.8) is 0 Å². The molecule has 8 heteroatoms. The van der Waals surface area contributed by atoms with Crippen LogP contribution in [0, 0.1) is 20.8 Å². The van der Waals surface area contributed by atoms with E-state index in [1.54, 1.807) is 38.1 Å². The van der Waals surface area contributed by atoms with Gasteiger partial charge in [0.15, 0.2) is 0 Å². The quantitative estimate of drug-likeness (QED) is 0.689. The maximum atomic E-state index is 13.6. The average molecular weight is 461 g/mol.